The summed E-state index contributed by atoms with van der Waals surface area (Å²) < 4.78 is 27.0. The van der Waals surface area contributed by atoms with Gasteiger partial charge in [0.15, 0.2) is 0 Å². The fourth-order valence-electron chi connectivity index (χ4n) is 1.85. The molecular weight excluding hydrogens is 310 g/mol. The molecule has 0 saturated carbocycles. The standard InChI is InChI=1S/C11H9BrF2N2O2/c12-6-2-8(14)9(3-7(6)13)16-4-5(11(15)18)1-10(16)17/h2-3,5H,1,4H2,(H2,15,18). The van der Waals surface area contributed by atoms with Gasteiger partial charge in [0.1, 0.15) is 11.6 Å². The molecule has 0 aromatic heterocycles. The summed E-state index contributed by atoms with van der Waals surface area (Å²) in [6, 6.07) is 1.86. The fourth-order valence-corrected chi connectivity index (χ4v) is 2.17. The number of hydrogen-bond acceptors (Lipinski definition) is 2. The van der Waals surface area contributed by atoms with Gasteiger partial charge in [-0.3, -0.25) is 9.59 Å². The number of halogens is 3. The van der Waals surface area contributed by atoms with Crippen LogP contribution in [-0.2, 0) is 9.59 Å². The molecule has 1 heterocycles. The zero-order chi connectivity index (χ0) is 13.4. The maximum Gasteiger partial charge on any atom is 0.227 e. The van der Waals surface area contributed by atoms with Gasteiger partial charge in [-0.15, -0.1) is 0 Å². The number of anilines is 1. The van der Waals surface area contributed by atoms with Gasteiger partial charge in [-0.05, 0) is 22.0 Å². The molecule has 2 amide bonds. The lowest BCUT2D eigenvalue weighted by Gasteiger charge is -2.17. The van der Waals surface area contributed by atoms with Crippen molar-refractivity contribution in [2.24, 2.45) is 11.7 Å². The van der Waals surface area contributed by atoms with E-state index in [-0.39, 0.29) is 23.1 Å². The third-order valence-corrected chi connectivity index (χ3v) is 3.42. The van der Waals surface area contributed by atoms with Gasteiger partial charge >= 0.3 is 0 Å². The quantitative estimate of drug-likeness (QED) is 0.841. The number of hydrogen-bond donors (Lipinski definition) is 1. The molecule has 0 aliphatic carbocycles. The van der Waals surface area contributed by atoms with Crippen LogP contribution in [0.4, 0.5) is 14.5 Å². The summed E-state index contributed by atoms with van der Waals surface area (Å²) >= 11 is 2.85. The average Bonchev–Trinajstić information content (AvgIpc) is 2.66. The van der Waals surface area contributed by atoms with E-state index in [1.165, 1.54) is 0 Å². The van der Waals surface area contributed by atoms with Crippen molar-refractivity contribution in [1.82, 2.24) is 0 Å². The van der Waals surface area contributed by atoms with Crippen LogP contribution in [0.3, 0.4) is 0 Å². The minimum Gasteiger partial charge on any atom is -0.369 e. The molecule has 1 unspecified atom stereocenters. The van der Waals surface area contributed by atoms with Crippen LogP contribution in [0.2, 0.25) is 0 Å². The first-order valence-corrected chi connectivity index (χ1v) is 5.93. The van der Waals surface area contributed by atoms with Crippen LogP contribution in [0.15, 0.2) is 16.6 Å². The Morgan fingerprint density at radius 1 is 1.39 bits per heavy atom. The first-order valence-electron chi connectivity index (χ1n) is 5.14. The normalized spacial score (nSPS) is 19.4. The maximum absolute atomic E-state index is 13.7. The van der Waals surface area contributed by atoms with Gasteiger partial charge in [-0.1, -0.05) is 0 Å². The summed E-state index contributed by atoms with van der Waals surface area (Å²) in [5, 5.41) is 0. The van der Waals surface area contributed by atoms with Crippen molar-refractivity contribution in [1.29, 1.82) is 0 Å². The molecule has 1 fully saturated rings. The summed E-state index contributed by atoms with van der Waals surface area (Å²) in [6.07, 6.45) is -0.0769. The number of primary amides is 1. The minimum atomic E-state index is -0.734. The molecule has 1 saturated heterocycles. The summed E-state index contributed by atoms with van der Waals surface area (Å²) in [7, 11) is 0. The van der Waals surface area contributed by atoms with Gasteiger partial charge in [-0.2, -0.15) is 0 Å². The summed E-state index contributed by atoms with van der Waals surface area (Å²) in [5.41, 5.74) is 4.92. The number of benzene rings is 1. The van der Waals surface area contributed by atoms with Crippen LogP contribution >= 0.6 is 15.9 Å². The molecule has 1 aromatic carbocycles. The Kier molecular flexibility index (Phi) is 3.34. The molecule has 0 radical (unpaired) electrons. The van der Waals surface area contributed by atoms with Crippen molar-refractivity contribution < 1.29 is 18.4 Å². The maximum atomic E-state index is 13.7. The molecular formula is C11H9BrF2N2O2. The highest BCUT2D eigenvalue weighted by atomic mass is 79.9. The van der Waals surface area contributed by atoms with Crippen molar-refractivity contribution in [3.8, 4) is 0 Å². The molecule has 96 valence electrons. The number of nitrogens with zero attached hydrogens (tertiary/aromatic N) is 1. The van der Waals surface area contributed by atoms with Gasteiger partial charge < -0.3 is 10.6 Å². The predicted molar refractivity (Wildman–Crippen MR) is 63.7 cm³/mol. The Morgan fingerprint density at radius 2 is 2.06 bits per heavy atom. The smallest absolute Gasteiger partial charge is 0.227 e. The van der Waals surface area contributed by atoms with E-state index in [0.717, 1.165) is 17.0 Å². The lowest BCUT2D eigenvalue weighted by Crippen LogP contribution is -2.29. The second-order valence-corrected chi connectivity index (χ2v) is 4.88. The van der Waals surface area contributed by atoms with Gasteiger partial charge in [0.05, 0.1) is 16.1 Å². The Balaban J connectivity index is 2.35. The number of carbonyl (C=O) groups is 2. The Bertz CT molecular complexity index is 536. The second kappa shape index (κ2) is 4.64. The van der Waals surface area contributed by atoms with E-state index in [1.54, 1.807) is 0 Å². The van der Waals surface area contributed by atoms with Gasteiger partial charge in [0.2, 0.25) is 11.8 Å². The van der Waals surface area contributed by atoms with Gasteiger partial charge in [0, 0.05) is 19.0 Å². The Morgan fingerprint density at radius 3 is 2.61 bits per heavy atom. The highest BCUT2D eigenvalue weighted by Crippen LogP contribution is 2.30. The van der Waals surface area contributed by atoms with Crippen LogP contribution in [0.5, 0.6) is 0 Å². The Labute approximate surface area is 110 Å². The number of rotatable bonds is 2. The topological polar surface area (TPSA) is 63.4 Å². The zero-order valence-electron chi connectivity index (χ0n) is 9.12. The van der Waals surface area contributed by atoms with Crippen LogP contribution in [-0.4, -0.2) is 18.4 Å². The minimum absolute atomic E-state index is 0.0217. The molecule has 1 aliphatic heterocycles. The van der Waals surface area contributed by atoms with E-state index in [9.17, 15) is 18.4 Å². The molecule has 1 aliphatic rings. The monoisotopic (exact) mass is 318 g/mol. The molecule has 0 bridgehead atoms. The number of carbonyl (C=O) groups excluding carboxylic acids is 2. The number of nitrogens with two attached hydrogens (primary N) is 1. The second-order valence-electron chi connectivity index (χ2n) is 4.03. The zero-order valence-corrected chi connectivity index (χ0v) is 10.7. The van der Waals surface area contributed by atoms with E-state index < -0.39 is 29.4 Å². The predicted octanol–water partition coefficient (Wildman–Crippen LogP) is 1.57. The van der Waals surface area contributed by atoms with Crippen LogP contribution in [0, 0.1) is 17.6 Å². The van der Waals surface area contributed by atoms with Gasteiger partial charge in [0.25, 0.3) is 0 Å². The van der Waals surface area contributed by atoms with Crippen molar-refractivity contribution in [2.45, 2.75) is 6.42 Å². The first-order chi connectivity index (χ1) is 8.40. The average molecular weight is 319 g/mol. The Hall–Kier alpha value is -1.50. The molecule has 2 N–H and O–H groups in total. The van der Waals surface area contributed by atoms with Crippen molar-refractivity contribution in [2.75, 3.05) is 11.4 Å². The molecule has 18 heavy (non-hydrogen) atoms. The SMILES string of the molecule is NC(=O)C1CC(=O)N(c2cc(F)c(Br)cc2F)C1. The molecule has 1 aromatic rings. The van der Waals surface area contributed by atoms with E-state index in [1.807, 2.05) is 0 Å². The molecule has 2 rings (SSSR count). The summed E-state index contributed by atoms with van der Waals surface area (Å²) in [6.45, 7) is -0.0217. The van der Waals surface area contributed by atoms with E-state index in [0.29, 0.717) is 0 Å². The first kappa shape index (κ1) is 12.9. The van der Waals surface area contributed by atoms with Crippen LogP contribution in [0.1, 0.15) is 6.42 Å². The lowest BCUT2D eigenvalue weighted by atomic mass is 10.1. The fraction of sp³-hybridized carbons (Fsp3) is 0.273. The third kappa shape index (κ3) is 2.22. The highest BCUT2D eigenvalue weighted by molar-refractivity contribution is 9.10. The van der Waals surface area contributed by atoms with Crippen LogP contribution in [0.25, 0.3) is 0 Å². The van der Waals surface area contributed by atoms with Crippen LogP contribution < -0.4 is 10.6 Å². The summed E-state index contributed by atoms with van der Waals surface area (Å²) in [5.74, 6) is -3.14. The lowest BCUT2D eigenvalue weighted by molar-refractivity contribution is -0.123. The van der Waals surface area contributed by atoms with Gasteiger partial charge in [-0.25, -0.2) is 8.78 Å². The van der Waals surface area contributed by atoms with Crippen molar-refractivity contribution in [3.05, 3.63) is 28.2 Å². The summed E-state index contributed by atoms with van der Waals surface area (Å²) in [4.78, 5) is 23.7. The highest BCUT2D eigenvalue weighted by Gasteiger charge is 2.35. The van der Waals surface area contributed by atoms with E-state index >= 15 is 0 Å². The molecule has 4 nitrogen and oxygen atoms in total. The van der Waals surface area contributed by atoms with Crippen molar-refractivity contribution >= 4 is 33.4 Å². The van der Waals surface area contributed by atoms with E-state index in [2.05, 4.69) is 15.9 Å². The largest absolute Gasteiger partial charge is 0.369 e. The number of amides is 2. The molecule has 7 heteroatoms. The molecule has 1 atom stereocenters. The van der Waals surface area contributed by atoms with E-state index in [4.69, 9.17) is 5.73 Å². The molecule has 0 spiro atoms. The third-order valence-electron chi connectivity index (χ3n) is 2.81. The van der Waals surface area contributed by atoms with Crippen molar-refractivity contribution in [3.63, 3.8) is 0 Å².